The number of oxime groups is 1. The van der Waals surface area contributed by atoms with Crippen LogP contribution in [-0.2, 0) is 18.1 Å². The topological polar surface area (TPSA) is 69.7 Å². The van der Waals surface area contributed by atoms with Crippen LogP contribution in [0.15, 0.2) is 78.2 Å². The average molecular weight is 351 g/mol. The van der Waals surface area contributed by atoms with Crippen molar-refractivity contribution in [1.29, 1.82) is 0 Å². The molecule has 0 saturated carbocycles. The molecular formula is C20H18FN3O2. The van der Waals surface area contributed by atoms with Crippen molar-refractivity contribution in [2.75, 3.05) is 0 Å². The number of amidine groups is 1. The number of nitrogens with zero attached hydrogens (tertiary/aromatic N) is 2. The summed E-state index contributed by atoms with van der Waals surface area (Å²) in [6.07, 6.45) is 3.46. The lowest BCUT2D eigenvalue weighted by Gasteiger charge is -2.08. The van der Waals surface area contributed by atoms with E-state index in [-0.39, 0.29) is 18.3 Å². The highest BCUT2D eigenvalue weighted by Gasteiger charge is 2.03. The molecule has 0 aliphatic heterocycles. The molecule has 6 heteroatoms. The van der Waals surface area contributed by atoms with E-state index in [4.69, 9.17) is 15.3 Å². The predicted octanol–water partition coefficient (Wildman–Crippen LogP) is 3.64. The highest BCUT2D eigenvalue weighted by molar-refractivity contribution is 5.97. The third-order valence-electron chi connectivity index (χ3n) is 3.54. The summed E-state index contributed by atoms with van der Waals surface area (Å²) >= 11 is 0. The molecule has 0 unspecified atom stereocenters. The molecule has 0 spiro atoms. The Hall–Kier alpha value is -3.41. The average Bonchev–Trinajstić information content (AvgIpc) is 2.67. The van der Waals surface area contributed by atoms with Crippen molar-refractivity contribution in [2.24, 2.45) is 10.9 Å². The summed E-state index contributed by atoms with van der Waals surface area (Å²) in [5.41, 5.74) is 8.27. The minimum atomic E-state index is -0.318. The summed E-state index contributed by atoms with van der Waals surface area (Å²) in [5, 5.41) is 3.89. The third kappa shape index (κ3) is 5.04. The van der Waals surface area contributed by atoms with Crippen LogP contribution in [0.5, 0.6) is 5.75 Å². The molecule has 26 heavy (non-hydrogen) atoms. The second-order valence-corrected chi connectivity index (χ2v) is 5.56. The largest absolute Gasteiger partial charge is 0.489 e. The van der Waals surface area contributed by atoms with Gasteiger partial charge < -0.3 is 15.3 Å². The van der Waals surface area contributed by atoms with Gasteiger partial charge in [-0.25, -0.2) is 4.39 Å². The maximum Gasteiger partial charge on any atom is 0.170 e. The highest BCUT2D eigenvalue weighted by Crippen LogP contribution is 2.15. The van der Waals surface area contributed by atoms with Crippen molar-refractivity contribution in [3.8, 4) is 5.75 Å². The summed E-state index contributed by atoms with van der Waals surface area (Å²) in [5.74, 6) is 0.560. The maximum absolute atomic E-state index is 13.1. The molecule has 0 aliphatic carbocycles. The Morgan fingerprint density at radius 3 is 2.65 bits per heavy atom. The molecule has 2 aromatic carbocycles. The predicted molar refractivity (Wildman–Crippen MR) is 96.9 cm³/mol. The van der Waals surface area contributed by atoms with Crippen molar-refractivity contribution in [3.05, 3.63) is 95.6 Å². The number of nitrogens with two attached hydrogens (primary N) is 1. The van der Waals surface area contributed by atoms with Gasteiger partial charge >= 0.3 is 0 Å². The smallest absolute Gasteiger partial charge is 0.170 e. The standard InChI is InChI=1S/C20H18FN3O2/c21-18-7-1-4-15(10-18)14-26-24-20(22)17-6-2-8-19(11-17)25-13-16-5-3-9-23-12-16/h1-12H,13-14H2,(H2,22,24). The van der Waals surface area contributed by atoms with Crippen LogP contribution < -0.4 is 10.5 Å². The Balaban J connectivity index is 1.59. The Morgan fingerprint density at radius 2 is 1.85 bits per heavy atom. The quantitative estimate of drug-likeness (QED) is 0.401. The number of benzene rings is 2. The zero-order valence-corrected chi connectivity index (χ0v) is 14.0. The van der Waals surface area contributed by atoms with E-state index >= 15 is 0 Å². The van der Waals surface area contributed by atoms with E-state index in [2.05, 4.69) is 10.1 Å². The van der Waals surface area contributed by atoms with E-state index in [1.165, 1.54) is 12.1 Å². The number of rotatable bonds is 7. The molecular weight excluding hydrogens is 333 g/mol. The molecule has 132 valence electrons. The molecule has 3 aromatic rings. The Morgan fingerprint density at radius 1 is 1.00 bits per heavy atom. The van der Waals surface area contributed by atoms with E-state index in [0.29, 0.717) is 23.5 Å². The summed E-state index contributed by atoms with van der Waals surface area (Å²) < 4.78 is 18.9. The number of aromatic nitrogens is 1. The summed E-state index contributed by atoms with van der Waals surface area (Å²) in [6, 6.07) is 17.2. The molecule has 1 heterocycles. The van der Waals surface area contributed by atoms with Crippen molar-refractivity contribution in [2.45, 2.75) is 13.2 Å². The normalized spacial score (nSPS) is 11.2. The van der Waals surface area contributed by atoms with Crippen LogP contribution in [0.1, 0.15) is 16.7 Å². The first-order valence-electron chi connectivity index (χ1n) is 8.03. The van der Waals surface area contributed by atoms with E-state index in [1.807, 2.05) is 24.3 Å². The molecule has 0 bridgehead atoms. The molecule has 0 aliphatic rings. The van der Waals surface area contributed by atoms with Crippen molar-refractivity contribution in [1.82, 2.24) is 4.98 Å². The van der Waals surface area contributed by atoms with Crippen LogP contribution in [-0.4, -0.2) is 10.8 Å². The first kappa shape index (κ1) is 17.4. The molecule has 0 fully saturated rings. The van der Waals surface area contributed by atoms with E-state index < -0.39 is 0 Å². The van der Waals surface area contributed by atoms with Crippen molar-refractivity contribution in [3.63, 3.8) is 0 Å². The van der Waals surface area contributed by atoms with E-state index in [1.54, 1.807) is 36.7 Å². The van der Waals surface area contributed by atoms with Gasteiger partial charge in [-0.1, -0.05) is 35.5 Å². The lowest BCUT2D eigenvalue weighted by atomic mass is 10.2. The summed E-state index contributed by atoms with van der Waals surface area (Å²) in [6.45, 7) is 0.542. The van der Waals surface area contributed by atoms with E-state index in [9.17, 15) is 4.39 Å². The lowest BCUT2D eigenvalue weighted by Crippen LogP contribution is -2.14. The minimum Gasteiger partial charge on any atom is -0.489 e. The zero-order valence-electron chi connectivity index (χ0n) is 14.0. The third-order valence-corrected chi connectivity index (χ3v) is 3.54. The molecule has 0 saturated heterocycles. The van der Waals surface area contributed by atoms with Crippen molar-refractivity contribution >= 4 is 5.84 Å². The Labute approximate surface area is 150 Å². The van der Waals surface area contributed by atoms with Crippen LogP contribution in [0.4, 0.5) is 4.39 Å². The SMILES string of the molecule is NC(=NOCc1cccc(F)c1)c1cccc(OCc2cccnc2)c1. The molecule has 0 amide bonds. The monoisotopic (exact) mass is 351 g/mol. The van der Waals surface area contributed by atoms with Gasteiger partial charge in [-0.2, -0.15) is 0 Å². The first-order chi connectivity index (χ1) is 12.7. The molecule has 3 rings (SSSR count). The number of hydrogen-bond donors (Lipinski definition) is 1. The van der Waals surface area contributed by atoms with Crippen LogP contribution >= 0.6 is 0 Å². The van der Waals surface area contributed by atoms with Gasteiger partial charge in [0.15, 0.2) is 5.84 Å². The number of hydrogen-bond acceptors (Lipinski definition) is 4. The van der Waals surface area contributed by atoms with Gasteiger partial charge in [-0.05, 0) is 35.9 Å². The number of ether oxygens (including phenoxy) is 1. The number of pyridine rings is 1. The zero-order chi connectivity index (χ0) is 18.2. The molecule has 5 nitrogen and oxygen atoms in total. The van der Waals surface area contributed by atoms with Gasteiger partial charge in [-0.3, -0.25) is 4.98 Å². The Kier molecular flexibility index (Phi) is 5.77. The second-order valence-electron chi connectivity index (χ2n) is 5.56. The molecule has 1 aromatic heterocycles. The van der Waals surface area contributed by atoms with Gasteiger partial charge in [0.25, 0.3) is 0 Å². The van der Waals surface area contributed by atoms with Gasteiger partial charge in [0.05, 0.1) is 0 Å². The van der Waals surface area contributed by atoms with Crippen LogP contribution in [0.25, 0.3) is 0 Å². The van der Waals surface area contributed by atoms with Gasteiger partial charge in [0.1, 0.15) is 24.8 Å². The fourth-order valence-electron chi connectivity index (χ4n) is 2.25. The van der Waals surface area contributed by atoms with Gasteiger partial charge in [-0.15, -0.1) is 0 Å². The van der Waals surface area contributed by atoms with Crippen LogP contribution in [0.3, 0.4) is 0 Å². The Bertz CT molecular complexity index is 885. The molecule has 0 atom stereocenters. The highest BCUT2D eigenvalue weighted by atomic mass is 19.1. The summed E-state index contributed by atoms with van der Waals surface area (Å²) in [4.78, 5) is 9.26. The van der Waals surface area contributed by atoms with Gasteiger partial charge in [0, 0.05) is 23.5 Å². The van der Waals surface area contributed by atoms with Crippen LogP contribution in [0, 0.1) is 5.82 Å². The maximum atomic E-state index is 13.1. The van der Waals surface area contributed by atoms with Gasteiger partial charge in [0.2, 0.25) is 0 Å². The fourth-order valence-corrected chi connectivity index (χ4v) is 2.25. The summed E-state index contributed by atoms with van der Waals surface area (Å²) in [7, 11) is 0. The fraction of sp³-hybridized carbons (Fsp3) is 0.100. The second kappa shape index (κ2) is 8.62. The first-order valence-corrected chi connectivity index (χ1v) is 8.03. The van der Waals surface area contributed by atoms with Crippen molar-refractivity contribution < 1.29 is 14.0 Å². The van der Waals surface area contributed by atoms with Crippen LogP contribution in [0.2, 0.25) is 0 Å². The molecule has 2 N–H and O–H groups in total. The minimum absolute atomic E-state index is 0.135. The lowest BCUT2D eigenvalue weighted by molar-refractivity contribution is 0.130. The van der Waals surface area contributed by atoms with E-state index in [0.717, 1.165) is 5.56 Å². The number of halogens is 1. The molecule has 0 radical (unpaired) electrons.